The number of halogens is 2. The molecule has 1 amide bonds. The number of nitrogens with zero attached hydrogens (tertiary/aromatic N) is 1. The molecule has 0 spiro atoms. The van der Waals surface area contributed by atoms with E-state index < -0.39 is 28.9 Å². The third-order valence-electron chi connectivity index (χ3n) is 6.58. The van der Waals surface area contributed by atoms with Gasteiger partial charge < -0.3 is 10.4 Å². The molecule has 1 aromatic carbocycles. The fourth-order valence-corrected chi connectivity index (χ4v) is 4.42. The van der Waals surface area contributed by atoms with Crippen molar-refractivity contribution in [1.29, 1.82) is 0 Å². The van der Waals surface area contributed by atoms with Crippen molar-refractivity contribution in [3.63, 3.8) is 0 Å². The van der Waals surface area contributed by atoms with Crippen molar-refractivity contribution in [2.45, 2.75) is 84.6 Å². The first-order valence-corrected chi connectivity index (χ1v) is 12.1. The zero-order valence-electron chi connectivity index (χ0n) is 19.5. The molecule has 0 saturated carbocycles. The lowest BCUT2D eigenvalue weighted by Crippen LogP contribution is -2.53. The predicted octanol–water partition coefficient (Wildman–Crippen LogP) is 5.06. The van der Waals surface area contributed by atoms with Gasteiger partial charge in [0.2, 0.25) is 5.91 Å². The lowest BCUT2D eigenvalue weighted by atomic mass is 9.77. The van der Waals surface area contributed by atoms with Gasteiger partial charge in [-0.05, 0) is 38.2 Å². The molecule has 0 aromatic heterocycles. The molecule has 0 atom stereocenters. The second kappa shape index (κ2) is 12.9. The van der Waals surface area contributed by atoms with Crippen LogP contribution in [0, 0.1) is 17.0 Å². The molecule has 1 aliphatic heterocycles. The van der Waals surface area contributed by atoms with Gasteiger partial charge in [0.15, 0.2) is 11.6 Å². The van der Waals surface area contributed by atoms with Crippen LogP contribution in [0.1, 0.15) is 82.8 Å². The Balaban J connectivity index is 1.89. The number of carboxylic acids is 1. The Morgan fingerprint density at radius 1 is 0.969 bits per heavy atom. The summed E-state index contributed by atoms with van der Waals surface area (Å²) in [6, 6.07) is 3.31. The molecule has 180 valence electrons. The summed E-state index contributed by atoms with van der Waals surface area (Å²) in [5.41, 5.74) is -0.761. The van der Waals surface area contributed by atoms with Crippen molar-refractivity contribution < 1.29 is 23.5 Å². The second-order valence-corrected chi connectivity index (χ2v) is 8.91. The monoisotopic (exact) mass is 452 g/mol. The Labute approximate surface area is 190 Å². The number of aryl methyl sites for hydroxylation is 1. The lowest BCUT2D eigenvalue weighted by molar-refractivity contribution is -0.159. The molecular formula is C25H38F2N2O3. The molecule has 0 bridgehead atoms. The Hall–Kier alpha value is -2.02. The first kappa shape index (κ1) is 26.2. The van der Waals surface area contributed by atoms with Crippen LogP contribution in [0.2, 0.25) is 0 Å². The number of carbonyl (C=O) groups is 2. The van der Waals surface area contributed by atoms with Crippen LogP contribution >= 0.6 is 0 Å². The minimum absolute atomic E-state index is 0.147. The van der Waals surface area contributed by atoms with Crippen LogP contribution in [-0.4, -0.2) is 41.5 Å². The highest BCUT2D eigenvalue weighted by molar-refractivity contribution is 6.02. The number of likely N-dealkylation sites (tertiary alicyclic amines) is 1. The van der Waals surface area contributed by atoms with Gasteiger partial charge in [0.1, 0.15) is 5.41 Å². The maximum Gasteiger partial charge on any atom is 0.319 e. The zero-order chi connectivity index (χ0) is 23.6. The minimum atomic E-state index is -1.45. The number of carbonyl (C=O) groups excluding carboxylic acids is 1. The molecule has 32 heavy (non-hydrogen) atoms. The number of hydrogen-bond donors (Lipinski definition) is 2. The number of unbranched alkanes of at least 4 members (excludes halogenated alkanes) is 6. The van der Waals surface area contributed by atoms with Gasteiger partial charge in [0, 0.05) is 31.7 Å². The average Bonchev–Trinajstić information content (AvgIpc) is 2.78. The van der Waals surface area contributed by atoms with Gasteiger partial charge in [-0.2, -0.15) is 0 Å². The van der Waals surface area contributed by atoms with E-state index in [0.717, 1.165) is 19.3 Å². The summed E-state index contributed by atoms with van der Waals surface area (Å²) >= 11 is 0. The molecule has 5 nitrogen and oxygen atoms in total. The van der Waals surface area contributed by atoms with Crippen LogP contribution in [0.4, 0.5) is 8.78 Å². The highest BCUT2D eigenvalue weighted by atomic mass is 19.2. The van der Waals surface area contributed by atoms with Gasteiger partial charge in [-0.25, -0.2) is 8.78 Å². The van der Waals surface area contributed by atoms with E-state index in [1.807, 2.05) is 4.90 Å². The van der Waals surface area contributed by atoms with Gasteiger partial charge >= 0.3 is 5.97 Å². The van der Waals surface area contributed by atoms with Gasteiger partial charge in [0.05, 0.1) is 0 Å². The summed E-state index contributed by atoms with van der Waals surface area (Å²) in [5, 5.41) is 12.2. The Kier molecular flexibility index (Phi) is 10.6. The summed E-state index contributed by atoms with van der Waals surface area (Å²) in [4.78, 5) is 26.0. The van der Waals surface area contributed by atoms with E-state index in [4.69, 9.17) is 0 Å². The highest BCUT2D eigenvalue weighted by Gasteiger charge is 2.48. The van der Waals surface area contributed by atoms with Crippen molar-refractivity contribution in [3.8, 4) is 0 Å². The molecular weight excluding hydrogens is 414 g/mol. The van der Waals surface area contributed by atoms with Crippen LogP contribution < -0.4 is 5.32 Å². The molecule has 1 saturated heterocycles. The first-order chi connectivity index (χ1) is 15.4. The predicted molar refractivity (Wildman–Crippen MR) is 121 cm³/mol. The first-order valence-electron chi connectivity index (χ1n) is 12.1. The number of amides is 1. The molecule has 0 unspecified atom stereocenters. The summed E-state index contributed by atoms with van der Waals surface area (Å²) in [6.45, 7) is 5.17. The van der Waals surface area contributed by atoms with E-state index in [0.29, 0.717) is 31.6 Å². The van der Waals surface area contributed by atoms with Crippen LogP contribution in [0.25, 0.3) is 0 Å². The van der Waals surface area contributed by atoms with Crippen LogP contribution in [-0.2, 0) is 22.6 Å². The van der Waals surface area contributed by atoms with Gasteiger partial charge in [0.25, 0.3) is 0 Å². The highest BCUT2D eigenvalue weighted by Crippen LogP contribution is 2.33. The standard InChI is InChI=1S/C25H38F2N2O3/c1-3-5-6-7-8-9-10-11-19-12-13-20(22(27)21(19)26)18-29-16-14-25(15-17-29,24(31)32)23(30)28-4-2/h12-13H,3-11,14-18H2,1-2H3,(H,28,30)(H,31,32). The van der Waals surface area contributed by atoms with E-state index in [1.165, 1.54) is 25.7 Å². The number of carboxylic acid groups (broad SMARTS) is 1. The maximum absolute atomic E-state index is 14.7. The van der Waals surface area contributed by atoms with Crippen LogP contribution in [0.15, 0.2) is 12.1 Å². The van der Waals surface area contributed by atoms with Gasteiger partial charge in [-0.1, -0.05) is 57.6 Å². The molecule has 0 radical (unpaired) electrons. The Bertz CT molecular complexity index is 762. The number of aliphatic carboxylic acids is 1. The molecule has 1 aromatic rings. The largest absolute Gasteiger partial charge is 0.480 e. The quantitative estimate of drug-likeness (QED) is 0.324. The topological polar surface area (TPSA) is 69.6 Å². The zero-order valence-corrected chi connectivity index (χ0v) is 19.5. The molecule has 1 heterocycles. The fourth-order valence-electron chi connectivity index (χ4n) is 4.42. The maximum atomic E-state index is 14.7. The van der Waals surface area contributed by atoms with E-state index >= 15 is 0 Å². The van der Waals surface area contributed by atoms with E-state index in [-0.39, 0.29) is 24.9 Å². The van der Waals surface area contributed by atoms with E-state index in [9.17, 15) is 23.5 Å². The minimum Gasteiger partial charge on any atom is -0.480 e. The number of rotatable bonds is 13. The SMILES string of the molecule is CCCCCCCCCc1ccc(CN2CCC(C(=O)O)(C(=O)NCC)CC2)c(F)c1F. The number of piperidine rings is 1. The molecule has 1 fully saturated rings. The summed E-state index contributed by atoms with van der Waals surface area (Å²) in [7, 11) is 0. The second-order valence-electron chi connectivity index (χ2n) is 8.91. The fraction of sp³-hybridized carbons (Fsp3) is 0.680. The van der Waals surface area contributed by atoms with E-state index in [2.05, 4.69) is 12.2 Å². The Morgan fingerprint density at radius 2 is 1.53 bits per heavy atom. The third-order valence-corrected chi connectivity index (χ3v) is 6.58. The Morgan fingerprint density at radius 3 is 2.12 bits per heavy atom. The van der Waals surface area contributed by atoms with Crippen LogP contribution in [0.3, 0.4) is 0 Å². The normalized spacial score (nSPS) is 16.1. The number of benzene rings is 1. The third kappa shape index (κ3) is 6.74. The molecule has 0 aliphatic carbocycles. The smallest absolute Gasteiger partial charge is 0.319 e. The molecule has 2 N–H and O–H groups in total. The van der Waals surface area contributed by atoms with Crippen molar-refractivity contribution in [1.82, 2.24) is 10.2 Å². The summed E-state index contributed by atoms with van der Waals surface area (Å²) in [5.74, 6) is -3.19. The van der Waals surface area contributed by atoms with E-state index in [1.54, 1.807) is 19.1 Å². The van der Waals surface area contributed by atoms with Crippen molar-refractivity contribution in [3.05, 3.63) is 34.9 Å². The molecule has 2 rings (SSSR count). The van der Waals surface area contributed by atoms with Gasteiger partial charge in [-0.15, -0.1) is 0 Å². The number of nitrogens with one attached hydrogen (secondary N) is 1. The average molecular weight is 453 g/mol. The lowest BCUT2D eigenvalue weighted by Gasteiger charge is -2.37. The molecule has 1 aliphatic rings. The van der Waals surface area contributed by atoms with Crippen molar-refractivity contribution >= 4 is 11.9 Å². The summed E-state index contributed by atoms with van der Waals surface area (Å²) in [6.07, 6.45) is 8.74. The van der Waals surface area contributed by atoms with Crippen LogP contribution in [0.5, 0.6) is 0 Å². The summed E-state index contributed by atoms with van der Waals surface area (Å²) < 4.78 is 29.3. The van der Waals surface area contributed by atoms with Gasteiger partial charge in [-0.3, -0.25) is 14.5 Å². The van der Waals surface area contributed by atoms with Crippen molar-refractivity contribution in [2.75, 3.05) is 19.6 Å². The number of hydrogen-bond acceptors (Lipinski definition) is 3. The van der Waals surface area contributed by atoms with Crippen molar-refractivity contribution in [2.24, 2.45) is 5.41 Å². The molecule has 7 heteroatoms.